The van der Waals surface area contributed by atoms with Gasteiger partial charge in [-0.25, -0.2) is 0 Å². The lowest BCUT2D eigenvalue weighted by Gasteiger charge is -2.16. The van der Waals surface area contributed by atoms with Crippen LogP contribution in [0.1, 0.15) is 13.0 Å². The van der Waals surface area contributed by atoms with E-state index in [0.717, 1.165) is 5.56 Å². The third kappa shape index (κ3) is 2.57. The molecule has 2 aliphatic heterocycles. The molecule has 1 aromatic rings. The van der Waals surface area contributed by atoms with Crippen molar-refractivity contribution in [3.63, 3.8) is 0 Å². The van der Waals surface area contributed by atoms with Gasteiger partial charge in [-0.05, 0) is 5.56 Å². The molecule has 2 fully saturated rings. The van der Waals surface area contributed by atoms with E-state index < -0.39 is 6.10 Å². The van der Waals surface area contributed by atoms with Crippen molar-refractivity contribution in [1.82, 2.24) is 0 Å². The zero-order chi connectivity index (χ0) is 11.7. The van der Waals surface area contributed by atoms with E-state index in [2.05, 4.69) is 0 Å². The number of hydrogen-bond donors (Lipinski definition) is 1. The summed E-state index contributed by atoms with van der Waals surface area (Å²) < 4.78 is 16.8. The zero-order valence-electron chi connectivity index (χ0n) is 9.49. The smallest absolute Gasteiger partial charge is 0.115 e. The molecule has 2 saturated heterocycles. The fourth-order valence-electron chi connectivity index (χ4n) is 2.36. The average Bonchev–Trinajstić information content (AvgIpc) is 2.92. The first-order chi connectivity index (χ1) is 8.34. The molecule has 0 radical (unpaired) electrons. The highest BCUT2D eigenvalue weighted by atomic mass is 16.6. The van der Waals surface area contributed by atoms with Crippen LogP contribution in [-0.4, -0.2) is 42.7 Å². The predicted octanol–water partition coefficient (Wildman–Crippen LogP) is 1.37. The molecule has 1 aromatic carbocycles. The maximum absolute atomic E-state index is 9.60. The Morgan fingerprint density at radius 2 is 1.83 bits per heavy atom. The Morgan fingerprint density at radius 1 is 1.11 bits per heavy atom. The van der Waals surface area contributed by atoms with E-state index >= 15 is 0 Å². The monoisotopic (exact) mass is 252 g/mol. The number of hydrogen-bond acceptors (Lipinski definition) is 4. The minimum absolute atomic E-state index is 0. The van der Waals surface area contributed by atoms with Crippen LogP contribution in [0.5, 0.6) is 0 Å². The number of ether oxygens (including phenoxy) is 3. The summed E-state index contributed by atoms with van der Waals surface area (Å²) in [6.07, 6.45) is -0.910. The maximum atomic E-state index is 9.60. The van der Waals surface area contributed by atoms with Crippen LogP contribution in [0.25, 0.3) is 0 Å². The number of benzene rings is 1. The van der Waals surface area contributed by atoms with Gasteiger partial charge in [0.2, 0.25) is 0 Å². The van der Waals surface area contributed by atoms with Crippen molar-refractivity contribution in [2.24, 2.45) is 0 Å². The summed E-state index contributed by atoms with van der Waals surface area (Å²) in [5.74, 6) is 0. The molecule has 2 heterocycles. The van der Waals surface area contributed by atoms with E-state index in [1.807, 2.05) is 30.3 Å². The minimum atomic E-state index is -0.509. The highest BCUT2D eigenvalue weighted by Crippen LogP contribution is 2.29. The number of aliphatic hydroxyl groups is 1. The molecular weight excluding hydrogens is 232 g/mol. The van der Waals surface area contributed by atoms with Crippen molar-refractivity contribution in [2.75, 3.05) is 13.2 Å². The van der Waals surface area contributed by atoms with E-state index in [4.69, 9.17) is 14.2 Å². The topological polar surface area (TPSA) is 47.9 Å². The Hall–Kier alpha value is -0.940. The Balaban J connectivity index is 0.00000120. The van der Waals surface area contributed by atoms with E-state index in [9.17, 15) is 5.11 Å². The molecule has 3 rings (SSSR count). The zero-order valence-corrected chi connectivity index (χ0v) is 9.49. The SMILES string of the molecule is C.O[C@@H]1COC2C1OC[C@@H]2OCc1ccccc1. The van der Waals surface area contributed by atoms with Crippen molar-refractivity contribution in [1.29, 1.82) is 0 Å². The lowest BCUT2D eigenvalue weighted by molar-refractivity contribution is -0.0439. The van der Waals surface area contributed by atoms with Crippen LogP contribution in [0.2, 0.25) is 0 Å². The highest BCUT2D eigenvalue weighted by Gasteiger charge is 2.47. The molecule has 0 saturated carbocycles. The first-order valence-corrected chi connectivity index (χ1v) is 5.91. The van der Waals surface area contributed by atoms with Gasteiger partial charge in [-0.3, -0.25) is 0 Å². The highest BCUT2D eigenvalue weighted by molar-refractivity contribution is 5.13. The summed E-state index contributed by atoms with van der Waals surface area (Å²) in [4.78, 5) is 0. The van der Waals surface area contributed by atoms with Crippen LogP contribution in [0.3, 0.4) is 0 Å². The summed E-state index contributed by atoms with van der Waals surface area (Å²) in [5, 5.41) is 9.60. The Morgan fingerprint density at radius 3 is 2.61 bits per heavy atom. The normalized spacial score (nSPS) is 34.1. The summed E-state index contributed by atoms with van der Waals surface area (Å²) in [6, 6.07) is 10.0. The van der Waals surface area contributed by atoms with Gasteiger partial charge in [0, 0.05) is 0 Å². The van der Waals surface area contributed by atoms with E-state index in [1.165, 1.54) is 0 Å². The molecule has 0 bridgehead atoms. The summed E-state index contributed by atoms with van der Waals surface area (Å²) >= 11 is 0. The van der Waals surface area contributed by atoms with Crippen LogP contribution in [-0.2, 0) is 20.8 Å². The first kappa shape index (κ1) is 13.5. The second-order valence-electron chi connectivity index (χ2n) is 4.50. The quantitative estimate of drug-likeness (QED) is 0.882. The molecule has 1 N–H and O–H groups in total. The maximum Gasteiger partial charge on any atom is 0.115 e. The van der Waals surface area contributed by atoms with E-state index in [-0.39, 0.29) is 25.7 Å². The van der Waals surface area contributed by atoms with Gasteiger partial charge >= 0.3 is 0 Å². The Kier molecular flexibility index (Phi) is 4.35. The van der Waals surface area contributed by atoms with Gasteiger partial charge < -0.3 is 19.3 Å². The van der Waals surface area contributed by atoms with Crippen molar-refractivity contribution < 1.29 is 19.3 Å². The molecule has 0 aliphatic carbocycles. The van der Waals surface area contributed by atoms with Crippen LogP contribution in [0, 0.1) is 0 Å². The molecule has 2 aliphatic rings. The lowest BCUT2D eigenvalue weighted by atomic mass is 10.1. The molecule has 100 valence electrons. The van der Waals surface area contributed by atoms with Crippen molar-refractivity contribution in [3.05, 3.63) is 35.9 Å². The lowest BCUT2D eigenvalue weighted by Crippen LogP contribution is -2.32. The Labute approximate surface area is 107 Å². The third-order valence-electron chi connectivity index (χ3n) is 3.29. The van der Waals surface area contributed by atoms with Crippen molar-refractivity contribution >= 4 is 0 Å². The predicted molar refractivity (Wildman–Crippen MR) is 67.2 cm³/mol. The molecule has 0 amide bonds. The number of fused-ring (bicyclic) bond motifs is 1. The molecule has 0 aromatic heterocycles. The summed E-state index contributed by atoms with van der Waals surface area (Å²) in [7, 11) is 0. The molecule has 18 heavy (non-hydrogen) atoms. The van der Waals surface area contributed by atoms with E-state index in [0.29, 0.717) is 19.8 Å². The van der Waals surface area contributed by atoms with Gasteiger partial charge in [0.25, 0.3) is 0 Å². The van der Waals surface area contributed by atoms with Crippen molar-refractivity contribution in [3.8, 4) is 0 Å². The second-order valence-corrected chi connectivity index (χ2v) is 4.50. The second kappa shape index (κ2) is 5.80. The number of rotatable bonds is 3. The molecule has 2 unspecified atom stereocenters. The standard InChI is InChI=1S/C13H16O4.CH4/c14-10-7-16-13-11(8-17-12(10)13)15-6-9-4-2-1-3-5-9;/h1-5,10-14H,6-8H2;1H4/t10-,11+,12?,13?;/m1./s1. The van der Waals surface area contributed by atoms with Crippen LogP contribution >= 0.6 is 0 Å². The summed E-state index contributed by atoms with van der Waals surface area (Å²) in [5.41, 5.74) is 1.13. The van der Waals surface area contributed by atoms with Gasteiger partial charge in [0.05, 0.1) is 19.8 Å². The molecule has 0 spiro atoms. The number of aliphatic hydroxyl groups excluding tert-OH is 1. The van der Waals surface area contributed by atoms with E-state index in [1.54, 1.807) is 0 Å². The Bertz CT molecular complexity index is 367. The van der Waals surface area contributed by atoms with Gasteiger partial charge in [0.1, 0.15) is 24.4 Å². The fourth-order valence-corrected chi connectivity index (χ4v) is 2.36. The first-order valence-electron chi connectivity index (χ1n) is 5.91. The molecule has 4 nitrogen and oxygen atoms in total. The minimum Gasteiger partial charge on any atom is -0.388 e. The molecule has 4 atom stereocenters. The van der Waals surface area contributed by atoms with Crippen molar-refractivity contribution in [2.45, 2.75) is 38.4 Å². The fraction of sp³-hybridized carbons (Fsp3) is 0.571. The van der Waals surface area contributed by atoms with Crippen LogP contribution in [0.15, 0.2) is 30.3 Å². The van der Waals surface area contributed by atoms with Gasteiger partial charge in [-0.1, -0.05) is 37.8 Å². The average molecular weight is 252 g/mol. The molecule has 4 heteroatoms. The van der Waals surface area contributed by atoms with Crippen LogP contribution < -0.4 is 0 Å². The van der Waals surface area contributed by atoms with Gasteiger partial charge in [-0.15, -0.1) is 0 Å². The molecular formula is C14H20O4. The third-order valence-corrected chi connectivity index (χ3v) is 3.29. The van der Waals surface area contributed by atoms with Gasteiger partial charge in [0.15, 0.2) is 0 Å². The van der Waals surface area contributed by atoms with Gasteiger partial charge in [-0.2, -0.15) is 0 Å². The largest absolute Gasteiger partial charge is 0.388 e. The van der Waals surface area contributed by atoms with Crippen LogP contribution in [0.4, 0.5) is 0 Å². The summed E-state index contributed by atoms with van der Waals surface area (Å²) in [6.45, 7) is 1.40.